The summed E-state index contributed by atoms with van der Waals surface area (Å²) < 4.78 is 0. The molecule has 2 aromatic heterocycles. The van der Waals surface area contributed by atoms with Crippen molar-refractivity contribution in [2.24, 2.45) is 0 Å². The lowest BCUT2D eigenvalue weighted by Crippen LogP contribution is -2.49. The van der Waals surface area contributed by atoms with Gasteiger partial charge in [0.25, 0.3) is 0 Å². The molecule has 2 aromatic carbocycles. The van der Waals surface area contributed by atoms with Crippen molar-refractivity contribution in [1.82, 2.24) is 19.8 Å². The first-order valence-electron chi connectivity index (χ1n) is 11.1. The van der Waals surface area contributed by atoms with Crippen LogP contribution in [0.25, 0.3) is 21.8 Å². The Kier molecular flexibility index (Phi) is 6.17. The van der Waals surface area contributed by atoms with E-state index in [1.54, 1.807) is 6.20 Å². The molecule has 1 amide bonds. The molecule has 0 saturated carbocycles. The number of carbonyl (C=O) groups is 1. The maximum absolute atomic E-state index is 12.9. The van der Waals surface area contributed by atoms with Gasteiger partial charge in [0.05, 0.1) is 18.7 Å². The molecular formula is C25H26ClN5O2. The summed E-state index contributed by atoms with van der Waals surface area (Å²) in [7, 11) is 0. The molecule has 8 heteroatoms. The van der Waals surface area contributed by atoms with Crippen LogP contribution in [0, 0.1) is 0 Å². The van der Waals surface area contributed by atoms with E-state index < -0.39 is 0 Å². The Hall–Kier alpha value is -3.13. The van der Waals surface area contributed by atoms with Crippen molar-refractivity contribution in [1.29, 1.82) is 0 Å². The number of hydrogen-bond donors (Lipinski definition) is 3. The number of nitrogens with one attached hydrogen (secondary N) is 2. The van der Waals surface area contributed by atoms with E-state index in [0.29, 0.717) is 32.7 Å². The molecule has 3 N–H and O–H groups in total. The van der Waals surface area contributed by atoms with E-state index in [-0.39, 0.29) is 12.5 Å². The smallest absolute Gasteiger partial charge is 0.237 e. The second-order valence-corrected chi connectivity index (χ2v) is 8.85. The van der Waals surface area contributed by atoms with Gasteiger partial charge in [-0.2, -0.15) is 0 Å². The molecule has 1 aliphatic rings. The van der Waals surface area contributed by atoms with Crippen LogP contribution in [0.4, 0.5) is 5.69 Å². The highest BCUT2D eigenvalue weighted by molar-refractivity contribution is 6.31. The van der Waals surface area contributed by atoms with Crippen molar-refractivity contribution in [2.75, 3.05) is 38.1 Å². The van der Waals surface area contributed by atoms with E-state index in [1.807, 2.05) is 47.4 Å². The topological polar surface area (TPSA) is 84.5 Å². The molecule has 1 fully saturated rings. The molecule has 1 aliphatic heterocycles. The Morgan fingerprint density at radius 3 is 2.85 bits per heavy atom. The zero-order valence-electron chi connectivity index (χ0n) is 18.2. The van der Waals surface area contributed by atoms with Gasteiger partial charge in [-0.1, -0.05) is 23.7 Å². The van der Waals surface area contributed by atoms with E-state index in [2.05, 4.69) is 26.3 Å². The number of benzene rings is 2. The molecule has 5 rings (SSSR count). The number of aromatic amines is 1. The standard InChI is InChI=1S/C25H26ClN5O2/c26-19-2-4-22-18(12-19)13-20(29-22)15-30-8-9-31(25(33)16-30)14-17-1-3-21-23(28-7-10-32)5-6-27-24(21)11-17/h1-6,11-13,29,32H,7-10,14-16H2,(H,27,28). The number of pyridine rings is 1. The second-order valence-electron chi connectivity index (χ2n) is 8.41. The number of aliphatic hydroxyl groups is 1. The van der Waals surface area contributed by atoms with Gasteiger partial charge >= 0.3 is 0 Å². The predicted octanol–water partition coefficient (Wildman–Crippen LogP) is 3.62. The Labute approximate surface area is 197 Å². The van der Waals surface area contributed by atoms with Crippen LogP contribution in [0.1, 0.15) is 11.3 Å². The third-order valence-electron chi connectivity index (χ3n) is 6.04. The number of aliphatic hydroxyl groups excluding tert-OH is 1. The maximum atomic E-state index is 12.9. The first kappa shape index (κ1) is 21.7. The van der Waals surface area contributed by atoms with Crippen molar-refractivity contribution in [3.05, 3.63) is 71.0 Å². The third kappa shape index (κ3) is 4.80. The largest absolute Gasteiger partial charge is 0.395 e. The quantitative estimate of drug-likeness (QED) is 0.390. The first-order valence-corrected chi connectivity index (χ1v) is 11.5. The van der Waals surface area contributed by atoms with Gasteiger partial charge in [-0.05, 0) is 42.0 Å². The Morgan fingerprint density at radius 1 is 1.09 bits per heavy atom. The van der Waals surface area contributed by atoms with Gasteiger partial charge in [0.2, 0.25) is 5.91 Å². The van der Waals surface area contributed by atoms with E-state index >= 15 is 0 Å². The third-order valence-corrected chi connectivity index (χ3v) is 6.27. The summed E-state index contributed by atoms with van der Waals surface area (Å²) in [6.45, 7) is 3.75. The van der Waals surface area contributed by atoms with Crippen molar-refractivity contribution < 1.29 is 9.90 Å². The molecule has 33 heavy (non-hydrogen) atoms. The highest BCUT2D eigenvalue weighted by atomic mass is 35.5. The van der Waals surface area contributed by atoms with E-state index in [4.69, 9.17) is 16.7 Å². The Balaban J connectivity index is 1.23. The van der Waals surface area contributed by atoms with Gasteiger partial charge in [0.15, 0.2) is 0 Å². The van der Waals surface area contributed by atoms with Gasteiger partial charge in [0.1, 0.15) is 0 Å². The number of hydrogen-bond acceptors (Lipinski definition) is 5. The lowest BCUT2D eigenvalue weighted by molar-refractivity contribution is -0.136. The van der Waals surface area contributed by atoms with Crippen molar-refractivity contribution in [3.8, 4) is 0 Å². The fourth-order valence-electron chi connectivity index (χ4n) is 4.41. The lowest BCUT2D eigenvalue weighted by atomic mass is 10.1. The Morgan fingerprint density at radius 2 is 2.00 bits per heavy atom. The van der Waals surface area contributed by atoms with Crippen LogP contribution in [0.5, 0.6) is 0 Å². The monoisotopic (exact) mass is 463 g/mol. The molecule has 3 heterocycles. The zero-order chi connectivity index (χ0) is 22.8. The van der Waals surface area contributed by atoms with Crippen LogP contribution < -0.4 is 5.32 Å². The number of nitrogens with zero attached hydrogens (tertiary/aromatic N) is 3. The number of H-pyrrole nitrogens is 1. The van der Waals surface area contributed by atoms with Gasteiger partial charge in [-0.3, -0.25) is 14.7 Å². The number of amides is 1. The fourth-order valence-corrected chi connectivity index (χ4v) is 4.59. The number of carbonyl (C=O) groups excluding carboxylic acids is 1. The number of rotatable bonds is 7. The average Bonchev–Trinajstić information content (AvgIpc) is 3.20. The van der Waals surface area contributed by atoms with E-state index in [9.17, 15) is 4.79 Å². The van der Waals surface area contributed by atoms with Crippen LogP contribution in [0.3, 0.4) is 0 Å². The van der Waals surface area contributed by atoms with Crippen LogP contribution in [0.15, 0.2) is 54.7 Å². The minimum Gasteiger partial charge on any atom is -0.395 e. The summed E-state index contributed by atoms with van der Waals surface area (Å²) in [5.41, 5.74) is 5.02. The molecule has 170 valence electrons. The first-order chi connectivity index (χ1) is 16.1. The molecule has 1 saturated heterocycles. The lowest BCUT2D eigenvalue weighted by Gasteiger charge is -2.34. The van der Waals surface area contributed by atoms with Gasteiger partial charge in [0, 0.05) is 71.6 Å². The van der Waals surface area contributed by atoms with Crippen LogP contribution in [-0.4, -0.2) is 63.6 Å². The molecule has 0 bridgehead atoms. The maximum Gasteiger partial charge on any atom is 0.237 e. The molecular weight excluding hydrogens is 438 g/mol. The average molecular weight is 464 g/mol. The van der Waals surface area contributed by atoms with Crippen molar-refractivity contribution in [2.45, 2.75) is 13.1 Å². The zero-order valence-corrected chi connectivity index (χ0v) is 19.0. The summed E-state index contributed by atoms with van der Waals surface area (Å²) in [5, 5.41) is 15.1. The fraction of sp³-hybridized carbons (Fsp3) is 0.280. The Bertz CT molecular complexity index is 1300. The summed E-state index contributed by atoms with van der Waals surface area (Å²) >= 11 is 6.09. The van der Waals surface area contributed by atoms with Gasteiger partial charge in [-0.15, -0.1) is 0 Å². The molecule has 0 atom stereocenters. The highest BCUT2D eigenvalue weighted by Crippen LogP contribution is 2.24. The predicted molar refractivity (Wildman–Crippen MR) is 131 cm³/mol. The van der Waals surface area contributed by atoms with Crippen LogP contribution >= 0.6 is 11.6 Å². The number of halogens is 1. The summed E-state index contributed by atoms with van der Waals surface area (Å²) in [6.07, 6.45) is 1.76. The van der Waals surface area contributed by atoms with Crippen LogP contribution in [0.2, 0.25) is 5.02 Å². The normalized spacial score (nSPS) is 15.0. The highest BCUT2D eigenvalue weighted by Gasteiger charge is 2.24. The van der Waals surface area contributed by atoms with E-state index in [0.717, 1.165) is 50.3 Å². The van der Waals surface area contributed by atoms with E-state index in [1.165, 1.54) is 0 Å². The number of anilines is 1. The van der Waals surface area contributed by atoms with Crippen molar-refractivity contribution in [3.63, 3.8) is 0 Å². The molecule has 0 radical (unpaired) electrons. The van der Waals surface area contributed by atoms with Gasteiger partial charge < -0.3 is 20.3 Å². The van der Waals surface area contributed by atoms with Gasteiger partial charge in [-0.25, -0.2) is 0 Å². The minimum absolute atomic E-state index is 0.0740. The molecule has 0 unspecified atom stereocenters. The van der Waals surface area contributed by atoms with Crippen molar-refractivity contribution >= 4 is 45.0 Å². The molecule has 0 spiro atoms. The molecule has 7 nitrogen and oxygen atoms in total. The number of fused-ring (bicyclic) bond motifs is 2. The second kappa shape index (κ2) is 9.39. The number of aromatic nitrogens is 2. The molecule has 0 aliphatic carbocycles. The number of piperazine rings is 1. The SMILES string of the molecule is O=C1CN(Cc2cc3cc(Cl)ccc3[nH]2)CCN1Cc1ccc2c(NCCO)ccnc2c1. The summed E-state index contributed by atoms with van der Waals surface area (Å²) in [5.74, 6) is 0.131. The minimum atomic E-state index is 0.0740. The molecule has 4 aromatic rings. The summed E-state index contributed by atoms with van der Waals surface area (Å²) in [6, 6.07) is 15.9. The summed E-state index contributed by atoms with van der Waals surface area (Å²) in [4.78, 5) is 24.8. The van der Waals surface area contributed by atoms with Crippen LogP contribution in [-0.2, 0) is 17.9 Å².